The number of aromatic nitrogens is 1. The predicted molar refractivity (Wildman–Crippen MR) is 91.2 cm³/mol. The van der Waals surface area contributed by atoms with Crippen LogP contribution in [0.4, 0.5) is 10.5 Å². The lowest BCUT2D eigenvalue weighted by atomic mass is 10.1. The van der Waals surface area contributed by atoms with Gasteiger partial charge in [-0.05, 0) is 38.3 Å². The zero-order valence-electron chi connectivity index (χ0n) is 14.1. The number of benzene rings is 1. The maximum absolute atomic E-state index is 12.7. The van der Waals surface area contributed by atoms with Gasteiger partial charge in [-0.3, -0.25) is 0 Å². The van der Waals surface area contributed by atoms with Crippen molar-refractivity contribution in [2.45, 2.75) is 39.2 Å². The summed E-state index contributed by atoms with van der Waals surface area (Å²) in [6.45, 7) is 5.21. The molecule has 1 aromatic carbocycles. The molecule has 0 unspecified atom stereocenters. The number of carbonyl (C=O) groups excluding carboxylic acids is 1. The first-order valence-electron chi connectivity index (χ1n) is 8.47. The van der Waals surface area contributed by atoms with E-state index in [9.17, 15) is 4.79 Å². The summed E-state index contributed by atoms with van der Waals surface area (Å²) >= 11 is 0. The molecule has 1 atom stereocenters. The molecule has 0 saturated carbocycles. The molecular formula is C18H23N3O3. The van der Waals surface area contributed by atoms with E-state index in [0.29, 0.717) is 24.6 Å². The van der Waals surface area contributed by atoms with Crippen LogP contribution in [0.1, 0.15) is 44.2 Å². The number of nitrogens with one attached hydrogen (secondary N) is 1. The second-order valence-electron chi connectivity index (χ2n) is 5.78. The highest BCUT2D eigenvalue weighted by Crippen LogP contribution is 2.33. The standard InChI is InChI=1S/C18H23N3O3/c1-3-13-12-17(24-20-13)15-9-7-11-21(15)18(22)19-14-8-5-6-10-16(14)23-4-2/h5-6,8,10,12,15H,3-4,7,9,11H2,1-2H3,(H,19,22)/t15-/m1/s1. The molecular weight excluding hydrogens is 306 g/mol. The van der Waals surface area contributed by atoms with Gasteiger partial charge in [-0.2, -0.15) is 0 Å². The van der Waals surface area contributed by atoms with Crippen LogP contribution in [0.5, 0.6) is 5.75 Å². The monoisotopic (exact) mass is 329 g/mol. The SMILES string of the molecule is CCOc1ccccc1NC(=O)N1CCC[C@@H]1c1cc(CC)no1. The van der Waals surface area contributed by atoms with Crippen molar-refractivity contribution < 1.29 is 14.1 Å². The summed E-state index contributed by atoms with van der Waals surface area (Å²) < 4.78 is 11.0. The van der Waals surface area contributed by atoms with Crippen molar-refractivity contribution >= 4 is 11.7 Å². The second kappa shape index (κ2) is 7.38. The number of hydrogen-bond acceptors (Lipinski definition) is 4. The van der Waals surface area contributed by atoms with Gasteiger partial charge < -0.3 is 19.5 Å². The number of ether oxygens (including phenoxy) is 1. The molecule has 1 aliphatic rings. The number of urea groups is 1. The summed E-state index contributed by atoms with van der Waals surface area (Å²) in [6.07, 6.45) is 2.66. The lowest BCUT2D eigenvalue weighted by Gasteiger charge is -2.23. The Morgan fingerprint density at radius 3 is 3.00 bits per heavy atom. The second-order valence-corrected chi connectivity index (χ2v) is 5.78. The Bertz CT molecular complexity index is 698. The Morgan fingerprint density at radius 2 is 2.25 bits per heavy atom. The third-order valence-corrected chi connectivity index (χ3v) is 4.21. The van der Waals surface area contributed by atoms with Crippen LogP contribution >= 0.6 is 0 Å². The molecule has 1 saturated heterocycles. The van der Waals surface area contributed by atoms with E-state index < -0.39 is 0 Å². The van der Waals surface area contributed by atoms with Crippen molar-refractivity contribution in [1.29, 1.82) is 0 Å². The van der Waals surface area contributed by atoms with Gasteiger partial charge in [0.05, 0.1) is 24.0 Å². The highest BCUT2D eigenvalue weighted by atomic mass is 16.5. The molecule has 3 rings (SSSR count). The maximum Gasteiger partial charge on any atom is 0.322 e. The molecule has 128 valence electrons. The first-order valence-corrected chi connectivity index (χ1v) is 8.47. The molecule has 2 amide bonds. The van der Waals surface area contributed by atoms with E-state index in [1.807, 2.05) is 49.1 Å². The van der Waals surface area contributed by atoms with E-state index >= 15 is 0 Å². The predicted octanol–water partition coefficient (Wildman–Crippen LogP) is 4.00. The fourth-order valence-electron chi connectivity index (χ4n) is 3.00. The number of para-hydroxylation sites is 2. The van der Waals surface area contributed by atoms with Crippen molar-refractivity contribution in [2.75, 3.05) is 18.5 Å². The van der Waals surface area contributed by atoms with Gasteiger partial charge in [-0.15, -0.1) is 0 Å². The fourth-order valence-corrected chi connectivity index (χ4v) is 3.00. The van der Waals surface area contributed by atoms with Crippen LogP contribution < -0.4 is 10.1 Å². The Labute approximate surface area is 141 Å². The van der Waals surface area contributed by atoms with Crippen LogP contribution in [0, 0.1) is 0 Å². The van der Waals surface area contributed by atoms with Gasteiger partial charge in [0.15, 0.2) is 5.76 Å². The largest absolute Gasteiger partial charge is 0.492 e. The van der Waals surface area contributed by atoms with Crippen LogP contribution in [-0.4, -0.2) is 29.2 Å². The number of anilines is 1. The Balaban J connectivity index is 1.74. The average molecular weight is 329 g/mol. The first kappa shape index (κ1) is 16.4. The highest BCUT2D eigenvalue weighted by molar-refractivity contribution is 5.91. The Kier molecular flexibility index (Phi) is 5.03. The molecule has 6 nitrogen and oxygen atoms in total. The minimum atomic E-state index is -0.140. The summed E-state index contributed by atoms with van der Waals surface area (Å²) in [4.78, 5) is 14.5. The van der Waals surface area contributed by atoms with Crippen LogP contribution in [0.25, 0.3) is 0 Å². The number of carbonyl (C=O) groups is 1. The number of likely N-dealkylation sites (tertiary alicyclic amines) is 1. The summed E-state index contributed by atoms with van der Waals surface area (Å²) in [5.41, 5.74) is 1.60. The van der Waals surface area contributed by atoms with E-state index in [0.717, 1.165) is 30.7 Å². The molecule has 0 radical (unpaired) electrons. The number of aryl methyl sites for hydroxylation is 1. The van der Waals surface area contributed by atoms with Crippen molar-refractivity contribution in [3.05, 3.63) is 41.8 Å². The number of hydrogen-bond donors (Lipinski definition) is 1. The molecule has 0 aliphatic carbocycles. The van der Waals surface area contributed by atoms with Crippen molar-refractivity contribution in [1.82, 2.24) is 10.1 Å². The lowest BCUT2D eigenvalue weighted by molar-refractivity contribution is 0.195. The lowest BCUT2D eigenvalue weighted by Crippen LogP contribution is -2.34. The molecule has 0 bridgehead atoms. The first-order chi connectivity index (χ1) is 11.7. The van der Waals surface area contributed by atoms with Gasteiger partial charge in [0.2, 0.25) is 0 Å². The molecule has 1 aliphatic heterocycles. The fraction of sp³-hybridized carbons (Fsp3) is 0.444. The minimum absolute atomic E-state index is 0.0583. The van der Waals surface area contributed by atoms with E-state index in [1.165, 1.54) is 0 Å². The maximum atomic E-state index is 12.7. The quantitative estimate of drug-likeness (QED) is 0.900. The molecule has 24 heavy (non-hydrogen) atoms. The van der Waals surface area contributed by atoms with Crippen molar-refractivity contribution in [3.8, 4) is 5.75 Å². The van der Waals surface area contributed by atoms with E-state index in [2.05, 4.69) is 10.5 Å². The van der Waals surface area contributed by atoms with E-state index in [-0.39, 0.29) is 12.1 Å². The van der Waals surface area contributed by atoms with Gasteiger partial charge in [-0.25, -0.2) is 4.79 Å². The summed E-state index contributed by atoms with van der Waals surface area (Å²) in [7, 11) is 0. The van der Waals surface area contributed by atoms with Crippen LogP contribution in [0.2, 0.25) is 0 Å². The molecule has 1 N–H and O–H groups in total. The third-order valence-electron chi connectivity index (χ3n) is 4.21. The van der Waals surface area contributed by atoms with Gasteiger partial charge in [0.1, 0.15) is 5.75 Å². The highest BCUT2D eigenvalue weighted by Gasteiger charge is 2.33. The number of amides is 2. The molecule has 2 heterocycles. The Hall–Kier alpha value is -2.50. The smallest absolute Gasteiger partial charge is 0.322 e. The molecule has 6 heteroatoms. The molecule has 0 spiro atoms. The van der Waals surface area contributed by atoms with Crippen LogP contribution in [0.15, 0.2) is 34.9 Å². The number of nitrogens with zero attached hydrogens (tertiary/aromatic N) is 2. The summed E-state index contributed by atoms with van der Waals surface area (Å²) in [5.74, 6) is 1.44. The topological polar surface area (TPSA) is 67.6 Å². The van der Waals surface area contributed by atoms with Crippen LogP contribution in [0.3, 0.4) is 0 Å². The van der Waals surface area contributed by atoms with Crippen molar-refractivity contribution in [2.24, 2.45) is 0 Å². The number of rotatable bonds is 5. The summed E-state index contributed by atoms with van der Waals surface area (Å²) in [5, 5.41) is 7.00. The van der Waals surface area contributed by atoms with E-state index in [1.54, 1.807) is 0 Å². The Morgan fingerprint density at radius 1 is 1.42 bits per heavy atom. The van der Waals surface area contributed by atoms with Gasteiger partial charge in [0, 0.05) is 12.6 Å². The van der Waals surface area contributed by atoms with E-state index in [4.69, 9.17) is 9.26 Å². The van der Waals surface area contributed by atoms with Crippen LogP contribution in [-0.2, 0) is 6.42 Å². The minimum Gasteiger partial charge on any atom is -0.492 e. The molecule has 1 aromatic heterocycles. The molecule has 1 fully saturated rings. The normalized spacial score (nSPS) is 17.1. The van der Waals surface area contributed by atoms with Gasteiger partial charge in [-0.1, -0.05) is 24.2 Å². The van der Waals surface area contributed by atoms with Crippen molar-refractivity contribution in [3.63, 3.8) is 0 Å². The van der Waals surface area contributed by atoms with Gasteiger partial charge in [0.25, 0.3) is 0 Å². The third kappa shape index (κ3) is 3.37. The van der Waals surface area contributed by atoms with Gasteiger partial charge >= 0.3 is 6.03 Å². The zero-order chi connectivity index (χ0) is 16.9. The molecule has 2 aromatic rings. The summed E-state index contributed by atoms with van der Waals surface area (Å²) in [6, 6.07) is 9.21. The zero-order valence-corrected chi connectivity index (χ0v) is 14.1. The average Bonchev–Trinajstić information content (AvgIpc) is 3.25.